The van der Waals surface area contributed by atoms with Crippen LogP contribution in [0.3, 0.4) is 0 Å². The summed E-state index contributed by atoms with van der Waals surface area (Å²) in [6.07, 6.45) is 5.11. The molecule has 0 saturated carbocycles. The first kappa shape index (κ1) is 15.9. The number of nitrogens with zero attached hydrogens (tertiary/aromatic N) is 3. The van der Waals surface area contributed by atoms with E-state index in [0.717, 1.165) is 44.6 Å². The van der Waals surface area contributed by atoms with Gasteiger partial charge in [-0.1, -0.05) is 6.07 Å². The topological polar surface area (TPSA) is 53.5 Å². The molecule has 3 rings (SSSR count). The van der Waals surface area contributed by atoms with E-state index in [1.165, 1.54) is 0 Å². The number of piperidine rings is 1. The van der Waals surface area contributed by atoms with Crippen molar-refractivity contribution in [1.29, 1.82) is 0 Å². The fraction of sp³-hybridized carbons (Fsp3) is 0.688. The number of sulfonamides is 1. The van der Waals surface area contributed by atoms with Crippen LogP contribution in [0.5, 0.6) is 0 Å². The first-order valence-electron chi connectivity index (χ1n) is 8.13. The molecule has 1 aromatic heterocycles. The first-order valence-corrected chi connectivity index (χ1v) is 9.74. The van der Waals surface area contributed by atoms with Crippen molar-refractivity contribution in [3.63, 3.8) is 0 Å². The monoisotopic (exact) mass is 323 g/mol. The molecule has 122 valence electrons. The molecule has 0 bridgehead atoms. The molecule has 0 unspecified atom stereocenters. The number of rotatable bonds is 4. The third-order valence-corrected chi connectivity index (χ3v) is 6.84. The van der Waals surface area contributed by atoms with Crippen molar-refractivity contribution in [3.05, 3.63) is 30.1 Å². The smallest absolute Gasteiger partial charge is 0.213 e. The number of pyridine rings is 1. The van der Waals surface area contributed by atoms with Crippen molar-refractivity contribution < 1.29 is 8.42 Å². The highest BCUT2D eigenvalue weighted by Crippen LogP contribution is 2.40. The van der Waals surface area contributed by atoms with Gasteiger partial charge in [-0.05, 0) is 50.3 Å². The third kappa shape index (κ3) is 3.34. The molecule has 0 amide bonds. The Morgan fingerprint density at radius 2 is 2.09 bits per heavy atom. The van der Waals surface area contributed by atoms with Gasteiger partial charge in [-0.25, -0.2) is 12.7 Å². The largest absolute Gasteiger partial charge is 0.297 e. The summed E-state index contributed by atoms with van der Waals surface area (Å²) >= 11 is 0. The minimum Gasteiger partial charge on any atom is -0.297 e. The van der Waals surface area contributed by atoms with Gasteiger partial charge < -0.3 is 0 Å². The second kappa shape index (κ2) is 6.26. The maximum absolute atomic E-state index is 12.1. The molecule has 2 fully saturated rings. The Morgan fingerprint density at radius 3 is 2.82 bits per heavy atom. The molecular formula is C16H25N3O2S. The second-order valence-electron chi connectivity index (χ2n) is 6.62. The Labute approximate surface area is 133 Å². The summed E-state index contributed by atoms with van der Waals surface area (Å²) in [4.78, 5) is 6.85. The molecule has 1 atom stereocenters. The molecule has 5 nitrogen and oxygen atoms in total. The van der Waals surface area contributed by atoms with E-state index in [-0.39, 0.29) is 11.2 Å². The summed E-state index contributed by atoms with van der Waals surface area (Å²) in [7, 11) is -3.05. The standard InChI is InChI=1S/C16H25N3O2S/c1-2-22(20,21)19-11-8-16(14-19)7-5-10-18(13-16)12-15-6-3-4-9-17-15/h3-4,6,9H,2,5,7-8,10-14H2,1H3/t16-/m0/s1. The minimum atomic E-state index is -3.05. The highest BCUT2D eigenvalue weighted by molar-refractivity contribution is 7.89. The van der Waals surface area contributed by atoms with Crippen LogP contribution < -0.4 is 0 Å². The Kier molecular flexibility index (Phi) is 4.52. The van der Waals surface area contributed by atoms with E-state index in [1.54, 1.807) is 11.2 Å². The second-order valence-corrected chi connectivity index (χ2v) is 8.88. The van der Waals surface area contributed by atoms with Gasteiger partial charge in [0.1, 0.15) is 0 Å². The van der Waals surface area contributed by atoms with Crippen molar-refractivity contribution in [3.8, 4) is 0 Å². The van der Waals surface area contributed by atoms with Crippen molar-refractivity contribution in [1.82, 2.24) is 14.2 Å². The zero-order valence-electron chi connectivity index (χ0n) is 13.2. The lowest BCUT2D eigenvalue weighted by molar-refractivity contribution is 0.0925. The first-order chi connectivity index (χ1) is 10.5. The fourth-order valence-electron chi connectivity index (χ4n) is 3.81. The van der Waals surface area contributed by atoms with Crippen molar-refractivity contribution >= 4 is 10.0 Å². The predicted octanol–water partition coefficient (Wildman–Crippen LogP) is 1.72. The summed E-state index contributed by atoms with van der Waals surface area (Å²) in [5.41, 5.74) is 1.24. The van der Waals surface area contributed by atoms with Crippen molar-refractivity contribution in [2.24, 2.45) is 5.41 Å². The van der Waals surface area contributed by atoms with Crippen LogP contribution in [0.4, 0.5) is 0 Å². The summed E-state index contributed by atoms with van der Waals surface area (Å²) in [5.74, 6) is 0.209. The van der Waals surface area contributed by atoms with Crippen LogP contribution in [-0.2, 0) is 16.6 Å². The van der Waals surface area contributed by atoms with Gasteiger partial charge in [-0.15, -0.1) is 0 Å². The highest BCUT2D eigenvalue weighted by atomic mass is 32.2. The molecule has 1 spiro atoms. The lowest BCUT2D eigenvalue weighted by Crippen LogP contribution is -2.45. The van der Waals surface area contributed by atoms with E-state index >= 15 is 0 Å². The average Bonchev–Trinajstić information content (AvgIpc) is 2.93. The lowest BCUT2D eigenvalue weighted by atomic mass is 9.79. The van der Waals surface area contributed by atoms with Crippen LogP contribution >= 0.6 is 0 Å². The van der Waals surface area contributed by atoms with E-state index in [9.17, 15) is 8.42 Å². The van der Waals surface area contributed by atoms with E-state index in [1.807, 2.05) is 18.3 Å². The van der Waals surface area contributed by atoms with Gasteiger partial charge in [-0.2, -0.15) is 0 Å². The zero-order chi connectivity index (χ0) is 15.6. The van der Waals surface area contributed by atoms with Gasteiger partial charge in [0.25, 0.3) is 0 Å². The fourth-order valence-corrected chi connectivity index (χ4v) is 5.02. The Balaban J connectivity index is 1.66. The Morgan fingerprint density at radius 1 is 1.23 bits per heavy atom. The zero-order valence-corrected chi connectivity index (χ0v) is 14.1. The molecule has 3 heterocycles. The van der Waals surface area contributed by atoms with Gasteiger partial charge in [0.05, 0.1) is 11.4 Å². The number of hydrogen-bond donors (Lipinski definition) is 0. The van der Waals surface area contributed by atoms with Gasteiger partial charge in [0.15, 0.2) is 0 Å². The number of aromatic nitrogens is 1. The summed E-state index contributed by atoms with van der Waals surface area (Å²) < 4.78 is 25.9. The molecular weight excluding hydrogens is 298 g/mol. The van der Waals surface area contributed by atoms with E-state index < -0.39 is 10.0 Å². The maximum atomic E-state index is 12.1. The van der Waals surface area contributed by atoms with Crippen molar-refractivity contribution in [2.45, 2.75) is 32.7 Å². The van der Waals surface area contributed by atoms with Crippen LogP contribution in [0.25, 0.3) is 0 Å². The molecule has 0 N–H and O–H groups in total. The molecule has 22 heavy (non-hydrogen) atoms. The Hall–Kier alpha value is -0.980. The van der Waals surface area contributed by atoms with Gasteiger partial charge in [0, 0.05) is 32.4 Å². The van der Waals surface area contributed by atoms with Crippen LogP contribution in [0.15, 0.2) is 24.4 Å². The normalized spacial score (nSPS) is 27.5. The van der Waals surface area contributed by atoms with E-state index in [0.29, 0.717) is 13.1 Å². The molecule has 2 aliphatic heterocycles. The molecule has 2 saturated heterocycles. The molecule has 0 radical (unpaired) electrons. The minimum absolute atomic E-state index is 0.148. The van der Waals surface area contributed by atoms with Crippen LogP contribution in [-0.4, -0.2) is 54.5 Å². The highest BCUT2D eigenvalue weighted by Gasteiger charge is 2.44. The quantitative estimate of drug-likeness (QED) is 0.846. The molecule has 2 aliphatic rings. The summed E-state index contributed by atoms with van der Waals surface area (Å²) in [5, 5.41) is 0. The maximum Gasteiger partial charge on any atom is 0.213 e. The van der Waals surface area contributed by atoms with E-state index in [4.69, 9.17) is 0 Å². The summed E-state index contributed by atoms with van der Waals surface area (Å²) in [6.45, 7) is 6.05. The predicted molar refractivity (Wildman–Crippen MR) is 86.8 cm³/mol. The number of likely N-dealkylation sites (tertiary alicyclic amines) is 1. The van der Waals surface area contributed by atoms with Crippen LogP contribution in [0, 0.1) is 5.41 Å². The average molecular weight is 323 g/mol. The van der Waals surface area contributed by atoms with Gasteiger partial charge >= 0.3 is 0 Å². The lowest BCUT2D eigenvalue weighted by Gasteiger charge is -2.40. The van der Waals surface area contributed by atoms with E-state index in [2.05, 4.69) is 16.0 Å². The molecule has 1 aromatic rings. The van der Waals surface area contributed by atoms with Crippen LogP contribution in [0.1, 0.15) is 31.9 Å². The SMILES string of the molecule is CCS(=O)(=O)N1CC[C@]2(CCCN(Cc3ccccn3)C2)C1. The van der Waals surface area contributed by atoms with Gasteiger partial charge in [0.2, 0.25) is 10.0 Å². The van der Waals surface area contributed by atoms with Gasteiger partial charge in [-0.3, -0.25) is 9.88 Å². The molecule has 0 aromatic carbocycles. The molecule has 0 aliphatic carbocycles. The number of hydrogen-bond acceptors (Lipinski definition) is 4. The molecule has 6 heteroatoms. The summed E-state index contributed by atoms with van der Waals surface area (Å²) in [6, 6.07) is 6.02. The Bertz CT molecular complexity index is 605. The van der Waals surface area contributed by atoms with Crippen molar-refractivity contribution in [2.75, 3.05) is 31.9 Å². The van der Waals surface area contributed by atoms with Crippen LogP contribution in [0.2, 0.25) is 0 Å². The third-order valence-electron chi connectivity index (χ3n) is 5.01.